The molecule has 2 aromatic rings. The van der Waals surface area contributed by atoms with Crippen LogP contribution in [0.4, 0.5) is 16.2 Å². The number of hydrogen-bond donors (Lipinski definition) is 1. The van der Waals surface area contributed by atoms with E-state index >= 15 is 0 Å². The van der Waals surface area contributed by atoms with Gasteiger partial charge in [0.25, 0.3) is 0 Å². The first kappa shape index (κ1) is 18.4. The fourth-order valence-electron chi connectivity index (χ4n) is 3.87. The summed E-state index contributed by atoms with van der Waals surface area (Å²) in [5.74, 6) is 0.133. The van der Waals surface area contributed by atoms with E-state index in [2.05, 4.69) is 20.3 Å². The molecule has 1 atom stereocenters. The van der Waals surface area contributed by atoms with E-state index in [-0.39, 0.29) is 18.0 Å². The Kier molecular flexibility index (Phi) is 5.25. The number of amides is 3. The molecule has 1 N–H and O–H groups in total. The molecule has 2 saturated heterocycles. The largest absolute Gasteiger partial charge is 0.322 e. The maximum atomic E-state index is 13.0. The lowest BCUT2D eigenvalue weighted by molar-refractivity contribution is -0.126. The zero-order valence-electron chi connectivity index (χ0n) is 16.0. The number of urea groups is 1. The number of hydrogen-bond acceptors (Lipinski definition) is 5. The van der Waals surface area contributed by atoms with E-state index in [1.807, 2.05) is 18.1 Å². The van der Waals surface area contributed by atoms with Gasteiger partial charge < -0.3 is 15.1 Å². The van der Waals surface area contributed by atoms with Gasteiger partial charge in [0.05, 0.1) is 17.9 Å². The van der Waals surface area contributed by atoms with Gasteiger partial charge in [-0.2, -0.15) is 5.10 Å². The summed E-state index contributed by atoms with van der Waals surface area (Å²) < 4.78 is 1.71. The smallest absolute Gasteiger partial charge is 0.321 e. The predicted octanol–water partition coefficient (Wildman–Crippen LogP) is 1.16. The van der Waals surface area contributed by atoms with Crippen LogP contribution in [0.15, 0.2) is 36.9 Å². The summed E-state index contributed by atoms with van der Waals surface area (Å²) in [7, 11) is 1.85. The molecule has 0 unspecified atom stereocenters. The molecule has 2 aliphatic heterocycles. The molecule has 0 aromatic carbocycles. The average Bonchev–Trinajstić information content (AvgIpc) is 3.15. The van der Waals surface area contributed by atoms with E-state index in [4.69, 9.17) is 0 Å². The van der Waals surface area contributed by atoms with Crippen LogP contribution in [0.1, 0.15) is 12.8 Å². The average molecular weight is 383 g/mol. The van der Waals surface area contributed by atoms with Crippen molar-refractivity contribution in [2.45, 2.75) is 18.9 Å². The van der Waals surface area contributed by atoms with E-state index in [1.54, 1.807) is 40.3 Å². The van der Waals surface area contributed by atoms with Crippen LogP contribution in [-0.4, -0.2) is 75.3 Å². The Hall–Kier alpha value is -2.94. The second-order valence-corrected chi connectivity index (χ2v) is 7.21. The molecule has 9 nitrogen and oxygen atoms in total. The number of piperazine rings is 1. The van der Waals surface area contributed by atoms with Crippen molar-refractivity contribution in [3.05, 3.63) is 36.9 Å². The van der Waals surface area contributed by atoms with Crippen LogP contribution >= 0.6 is 0 Å². The monoisotopic (exact) mass is 383 g/mol. The van der Waals surface area contributed by atoms with Gasteiger partial charge in [0.15, 0.2) is 0 Å². The van der Waals surface area contributed by atoms with Gasteiger partial charge in [-0.15, -0.1) is 0 Å². The van der Waals surface area contributed by atoms with Crippen LogP contribution in [0.2, 0.25) is 0 Å². The van der Waals surface area contributed by atoms with E-state index in [1.165, 1.54) is 0 Å². The van der Waals surface area contributed by atoms with Gasteiger partial charge in [-0.3, -0.25) is 19.4 Å². The minimum atomic E-state index is -0.126. The van der Waals surface area contributed by atoms with Crippen LogP contribution in [0.25, 0.3) is 0 Å². The maximum absolute atomic E-state index is 13.0. The number of pyridine rings is 1. The van der Waals surface area contributed by atoms with Gasteiger partial charge in [-0.05, 0) is 25.0 Å². The lowest BCUT2D eigenvalue weighted by atomic mass is 10.0. The number of aryl methyl sites for hydroxylation is 1. The highest BCUT2D eigenvalue weighted by atomic mass is 16.2. The van der Waals surface area contributed by atoms with Crippen molar-refractivity contribution in [1.82, 2.24) is 24.6 Å². The van der Waals surface area contributed by atoms with Crippen LogP contribution < -0.4 is 10.2 Å². The Balaban J connectivity index is 1.34. The molecule has 0 aliphatic carbocycles. The van der Waals surface area contributed by atoms with Gasteiger partial charge in [0.2, 0.25) is 5.91 Å². The minimum absolute atomic E-state index is 0.113. The van der Waals surface area contributed by atoms with Crippen molar-refractivity contribution >= 4 is 23.3 Å². The van der Waals surface area contributed by atoms with Crippen molar-refractivity contribution < 1.29 is 9.59 Å². The Bertz CT molecular complexity index is 830. The Morgan fingerprint density at radius 1 is 1.14 bits per heavy atom. The molecule has 9 heteroatoms. The van der Waals surface area contributed by atoms with Crippen molar-refractivity contribution in [2.24, 2.45) is 7.05 Å². The summed E-state index contributed by atoms with van der Waals surface area (Å²) in [6.07, 6.45) is 8.74. The fraction of sp³-hybridized carbons (Fsp3) is 0.474. The molecule has 148 valence electrons. The molecular formula is C19H25N7O2. The second kappa shape index (κ2) is 7.97. The third-order valence-electron chi connectivity index (χ3n) is 5.39. The highest BCUT2D eigenvalue weighted by Gasteiger charge is 2.36. The third kappa shape index (κ3) is 3.84. The quantitative estimate of drug-likeness (QED) is 0.860. The molecule has 4 rings (SSSR count). The summed E-state index contributed by atoms with van der Waals surface area (Å²) in [4.78, 5) is 35.3. The third-order valence-corrected chi connectivity index (χ3v) is 5.39. The van der Waals surface area contributed by atoms with Crippen molar-refractivity contribution in [3.63, 3.8) is 0 Å². The minimum Gasteiger partial charge on any atom is -0.322 e. The summed E-state index contributed by atoms with van der Waals surface area (Å²) >= 11 is 0. The lowest BCUT2D eigenvalue weighted by Gasteiger charge is -2.42. The Morgan fingerprint density at radius 2 is 1.89 bits per heavy atom. The first-order chi connectivity index (χ1) is 13.6. The first-order valence-electron chi connectivity index (χ1n) is 9.62. The van der Waals surface area contributed by atoms with E-state index in [0.717, 1.165) is 30.8 Å². The van der Waals surface area contributed by atoms with Gasteiger partial charge >= 0.3 is 6.03 Å². The van der Waals surface area contributed by atoms with Crippen LogP contribution in [0.3, 0.4) is 0 Å². The highest BCUT2D eigenvalue weighted by Crippen LogP contribution is 2.24. The lowest BCUT2D eigenvalue weighted by Crippen LogP contribution is -2.58. The van der Waals surface area contributed by atoms with Gasteiger partial charge in [0.1, 0.15) is 0 Å². The molecule has 2 aromatic heterocycles. The molecular weight excluding hydrogens is 358 g/mol. The van der Waals surface area contributed by atoms with E-state index in [9.17, 15) is 9.59 Å². The predicted molar refractivity (Wildman–Crippen MR) is 105 cm³/mol. The maximum Gasteiger partial charge on any atom is 0.321 e. The second-order valence-electron chi connectivity index (χ2n) is 7.21. The molecule has 4 heterocycles. The number of rotatable bonds is 3. The highest BCUT2D eigenvalue weighted by molar-refractivity contribution is 5.97. The normalized spacial score (nSPS) is 21.0. The fourth-order valence-corrected chi connectivity index (χ4v) is 3.87. The van der Waals surface area contributed by atoms with Crippen molar-refractivity contribution in [1.29, 1.82) is 0 Å². The zero-order valence-corrected chi connectivity index (χ0v) is 16.0. The molecule has 0 spiro atoms. The number of aromatic nitrogens is 3. The van der Waals surface area contributed by atoms with Crippen molar-refractivity contribution in [2.75, 3.05) is 42.9 Å². The number of carbonyl (C=O) groups excluding carboxylic acids is 2. The van der Waals surface area contributed by atoms with Gasteiger partial charge in [-0.1, -0.05) is 0 Å². The number of nitrogens with zero attached hydrogens (tertiary/aromatic N) is 6. The molecule has 0 saturated carbocycles. The van der Waals surface area contributed by atoms with Gasteiger partial charge in [-0.25, -0.2) is 4.79 Å². The zero-order chi connectivity index (χ0) is 19.5. The first-order valence-corrected chi connectivity index (χ1v) is 9.62. The summed E-state index contributed by atoms with van der Waals surface area (Å²) in [6.45, 7) is 3.33. The van der Waals surface area contributed by atoms with Crippen LogP contribution in [0.5, 0.6) is 0 Å². The topological polar surface area (TPSA) is 86.6 Å². The Labute approximate surface area is 163 Å². The number of anilines is 2. The van der Waals surface area contributed by atoms with Crippen LogP contribution in [-0.2, 0) is 11.8 Å². The molecule has 2 aliphatic rings. The summed E-state index contributed by atoms with van der Waals surface area (Å²) in [5, 5.41) is 7.07. The molecule has 28 heavy (non-hydrogen) atoms. The molecule has 3 amide bonds. The number of piperidine rings is 1. The van der Waals surface area contributed by atoms with Gasteiger partial charge in [0, 0.05) is 64.0 Å². The van der Waals surface area contributed by atoms with Crippen LogP contribution in [0, 0.1) is 0 Å². The van der Waals surface area contributed by atoms with E-state index < -0.39 is 0 Å². The summed E-state index contributed by atoms with van der Waals surface area (Å²) in [6, 6.07) is 3.29. The number of carbonyl (C=O) groups is 2. The van der Waals surface area contributed by atoms with E-state index in [0.29, 0.717) is 26.2 Å². The molecule has 0 radical (unpaired) electrons. The molecule has 2 fully saturated rings. The molecule has 0 bridgehead atoms. The summed E-state index contributed by atoms with van der Waals surface area (Å²) in [5.41, 5.74) is 1.59. The SMILES string of the molecule is Cn1cc(N2CCC[C@@H](N3CCN(C(=O)Nc4ccncc4)CC3)C2=O)cn1. The van der Waals surface area contributed by atoms with Crippen molar-refractivity contribution in [3.8, 4) is 0 Å². The number of nitrogens with one attached hydrogen (secondary N) is 1. The standard InChI is InChI=1S/C19H25N7O2/c1-23-14-16(13-21-23)26-8-2-3-17(18(26)27)24-9-11-25(12-10-24)19(28)22-15-4-6-20-7-5-15/h4-7,13-14,17H,2-3,8-12H2,1H3,(H,20,22,28)/t17-/m1/s1. The Morgan fingerprint density at radius 3 is 2.57 bits per heavy atom.